The molecule has 3 aliphatic heterocycles. The molecule has 0 aliphatic carbocycles. The molecule has 4 rings (SSSR count). The van der Waals surface area contributed by atoms with Gasteiger partial charge in [-0.15, -0.1) is 0 Å². The maximum atomic E-state index is 12.1. The Morgan fingerprint density at radius 1 is 1.29 bits per heavy atom. The second-order valence-electron chi connectivity index (χ2n) is 7.20. The van der Waals surface area contributed by atoms with Crippen LogP contribution in [-0.2, 0) is 17.8 Å². The fourth-order valence-electron chi connectivity index (χ4n) is 4.11. The third kappa shape index (κ3) is 2.65. The van der Waals surface area contributed by atoms with Crippen molar-refractivity contribution in [3.05, 3.63) is 29.3 Å². The van der Waals surface area contributed by atoms with Crippen molar-refractivity contribution in [3.63, 3.8) is 0 Å². The number of fused-ring (bicyclic) bond motifs is 1. The number of rotatable bonds is 3. The number of carbonyl (C=O) groups is 2. The summed E-state index contributed by atoms with van der Waals surface area (Å²) in [5.41, 5.74) is 1.87. The van der Waals surface area contributed by atoms with Gasteiger partial charge in [-0.25, -0.2) is 4.79 Å². The van der Waals surface area contributed by atoms with E-state index in [0.29, 0.717) is 0 Å². The van der Waals surface area contributed by atoms with Crippen molar-refractivity contribution in [2.75, 3.05) is 19.7 Å². The fourth-order valence-corrected chi connectivity index (χ4v) is 4.11. The van der Waals surface area contributed by atoms with Gasteiger partial charge in [-0.3, -0.25) is 15.0 Å². The molecule has 3 aliphatic rings. The van der Waals surface area contributed by atoms with Gasteiger partial charge in [0.15, 0.2) is 0 Å². The lowest BCUT2D eigenvalue weighted by molar-refractivity contribution is -0.125. The summed E-state index contributed by atoms with van der Waals surface area (Å²) < 4.78 is 5.56. The zero-order chi connectivity index (χ0) is 16.7. The molecule has 6 nitrogen and oxygen atoms in total. The quantitative estimate of drug-likeness (QED) is 0.823. The molecule has 0 bridgehead atoms. The molecular formula is C18H23N3O3. The van der Waals surface area contributed by atoms with E-state index in [9.17, 15) is 9.59 Å². The molecule has 1 aromatic carbocycles. The van der Waals surface area contributed by atoms with E-state index in [1.807, 2.05) is 6.92 Å². The Morgan fingerprint density at radius 2 is 2.08 bits per heavy atom. The molecule has 1 unspecified atom stereocenters. The molecule has 1 aromatic rings. The Balaban J connectivity index is 1.36. The van der Waals surface area contributed by atoms with Crippen molar-refractivity contribution in [3.8, 4) is 5.75 Å². The first-order valence-corrected chi connectivity index (χ1v) is 8.65. The third-order valence-electron chi connectivity index (χ3n) is 5.64. The lowest BCUT2D eigenvalue weighted by Crippen LogP contribution is -2.53. The highest BCUT2D eigenvalue weighted by Crippen LogP contribution is 2.32. The minimum absolute atomic E-state index is 0.189. The zero-order valence-electron chi connectivity index (χ0n) is 13.9. The number of benzene rings is 1. The molecule has 0 spiro atoms. The minimum Gasteiger partial charge on any atom is -0.493 e. The predicted octanol–water partition coefficient (Wildman–Crippen LogP) is 1.43. The van der Waals surface area contributed by atoms with Crippen molar-refractivity contribution in [1.82, 2.24) is 15.5 Å². The van der Waals surface area contributed by atoms with Gasteiger partial charge in [0.05, 0.1) is 6.61 Å². The number of amides is 3. The van der Waals surface area contributed by atoms with Crippen LogP contribution in [0.3, 0.4) is 0 Å². The number of piperidine rings is 1. The summed E-state index contributed by atoms with van der Waals surface area (Å²) in [6, 6.07) is 6.09. The van der Waals surface area contributed by atoms with Crippen molar-refractivity contribution in [2.24, 2.45) is 5.92 Å². The average molecular weight is 329 g/mol. The SMILES string of the molecule is CC1(C2CCN(Cc3ccc4c(c3)CCO4)CC2)NC(=O)NC1=O. The van der Waals surface area contributed by atoms with E-state index >= 15 is 0 Å². The topological polar surface area (TPSA) is 70.7 Å². The van der Waals surface area contributed by atoms with Crippen LogP contribution in [0.1, 0.15) is 30.9 Å². The number of nitrogens with zero attached hydrogens (tertiary/aromatic N) is 1. The van der Waals surface area contributed by atoms with Crippen LogP contribution < -0.4 is 15.4 Å². The molecule has 0 saturated carbocycles. The van der Waals surface area contributed by atoms with Gasteiger partial charge in [-0.05, 0) is 56.0 Å². The minimum atomic E-state index is -0.756. The molecular weight excluding hydrogens is 306 g/mol. The van der Waals surface area contributed by atoms with Crippen molar-refractivity contribution >= 4 is 11.9 Å². The molecule has 6 heteroatoms. The maximum Gasteiger partial charge on any atom is 0.322 e. The Hall–Kier alpha value is -2.08. The van der Waals surface area contributed by atoms with E-state index < -0.39 is 5.54 Å². The molecule has 3 heterocycles. The highest BCUT2D eigenvalue weighted by atomic mass is 16.5. The summed E-state index contributed by atoms with van der Waals surface area (Å²) in [6.45, 7) is 5.44. The van der Waals surface area contributed by atoms with Gasteiger partial charge >= 0.3 is 6.03 Å². The van der Waals surface area contributed by atoms with E-state index in [2.05, 4.69) is 33.7 Å². The van der Waals surface area contributed by atoms with Crippen molar-refractivity contribution < 1.29 is 14.3 Å². The number of hydrogen-bond donors (Lipinski definition) is 2. The van der Waals surface area contributed by atoms with Gasteiger partial charge in [-0.1, -0.05) is 12.1 Å². The van der Waals surface area contributed by atoms with Gasteiger partial charge in [0, 0.05) is 13.0 Å². The van der Waals surface area contributed by atoms with Crippen LogP contribution in [0.25, 0.3) is 0 Å². The van der Waals surface area contributed by atoms with Gasteiger partial charge < -0.3 is 10.1 Å². The third-order valence-corrected chi connectivity index (χ3v) is 5.64. The smallest absolute Gasteiger partial charge is 0.322 e. The molecule has 0 aromatic heterocycles. The standard InChI is InChI=1S/C18H23N3O3/c1-18(16(22)19-17(23)20-18)14-4-7-21(8-5-14)11-12-2-3-15-13(10-12)6-9-24-15/h2-3,10,14H,4-9,11H2,1H3,(H2,19,20,22,23). The summed E-state index contributed by atoms with van der Waals surface area (Å²) in [5.74, 6) is 1.02. The molecule has 2 fully saturated rings. The monoisotopic (exact) mass is 329 g/mol. The molecule has 2 saturated heterocycles. The summed E-state index contributed by atoms with van der Waals surface area (Å²) in [6.07, 6.45) is 2.83. The maximum absolute atomic E-state index is 12.1. The largest absolute Gasteiger partial charge is 0.493 e. The number of hydrogen-bond acceptors (Lipinski definition) is 4. The van der Waals surface area contributed by atoms with E-state index in [-0.39, 0.29) is 17.9 Å². The summed E-state index contributed by atoms with van der Waals surface area (Å²) in [5, 5.41) is 5.18. The number of urea groups is 1. The number of ether oxygens (including phenoxy) is 1. The Kier molecular flexibility index (Phi) is 3.72. The first-order chi connectivity index (χ1) is 11.5. The van der Waals surface area contributed by atoms with E-state index in [1.54, 1.807) is 0 Å². The summed E-state index contributed by atoms with van der Waals surface area (Å²) in [7, 11) is 0. The van der Waals surface area contributed by atoms with Crippen LogP contribution >= 0.6 is 0 Å². The van der Waals surface area contributed by atoms with Crippen LogP contribution in [0.5, 0.6) is 5.75 Å². The average Bonchev–Trinajstić information content (AvgIpc) is 3.12. The number of imide groups is 1. The van der Waals surface area contributed by atoms with Crippen molar-refractivity contribution in [2.45, 2.75) is 38.3 Å². The Labute approximate surface area is 141 Å². The number of nitrogens with one attached hydrogen (secondary N) is 2. The van der Waals surface area contributed by atoms with Gasteiger partial charge in [0.25, 0.3) is 5.91 Å². The first kappa shape index (κ1) is 15.4. The first-order valence-electron chi connectivity index (χ1n) is 8.65. The highest BCUT2D eigenvalue weighted by Gasteiger charge is 2.48. The summed E-state index contributed by atoms with van der Waals surface area (Å²) >= 11 is 0. The van der Waals surface area contributed by atoms with Crippen LogP contribution in [-0.4, -0.2) is 42.1 Å². The second-order valence-corrected chi connectivity index (χ2v) is 7.20. The molecule has 3 amide bonds. The van der Waals surface area contributed by atoms with Crippen LogP contribution in [0.2, 0.25) is 0 Å². The predicted molar refractivity (Wildman–Crippen MR) is 88.7 cm³/mol. The normalized spacial score (nSPS) is 27.5. The van der Waals surface area contributed by atoms with E-state index in [1.165, 1.54) is 11.1 Å². The van der Waals surface area contributed by atoms with Gasteiger partial charge in [0.2, 0.25) is 0 Å². The zero-order valence-corrected chi connectivity index (χ0v) is 13.9. The van der Waals surface area contributed by atoms with Gasteiger partial charge in [-0.2, -0.15) is 0 Å². The van der Waals surface area contributed by atoms with E-state index in [0.717, 1.165) is 51.3 Å². The Bertz CT molecular complexity index is 682. The lowest BCUT2D eigenvalue weighted by Gasteiger charge is -2.38. The molecule has 2 N–H and O–H groups in total. The van der Waals surface area contributed by atoms with E-state index in [4.69, 9.17) is 4.74 Å². The summed E-state index contributed by atoms with van der Waals surface area (Å²) in [4.78, 5) is 25.9. The molecule has 24 heavy (non-hydrogen) atoms. The van der Waals surface area contributed by atoms with Gasteiger partial charge in [0.1, 0.15) is 11.3 Å². The molecule has 1 atom stereocenters. The molecule has 0 radical (unpaired) electrons. The second kappa shape index (κ2) is 5.77. The molecule has 128 valence electrons. The van der Waals surface area contributed by atoms with Crippen LogP contribution in [0, 0.1) is 5.92 Å². The lowest BCUT2D eigenvalue weighted by atomic mass is 9.79. The number of carbonyl (C=O) groups excluding carboxylic acids is 2. The highest BCUT2D eigenvalue weighted by molar-refractivity contribution is 6.06. The van der Waals surface area contributed by atoms with Crippen LogP contribution in [0.15, 0.2) is 18.2 Å². The fraction of sp³-hybridized carbons (Fsp3) is 0.556. The Morgan fingerprint density at radius 3 is 2.79 bits per heavy atom. The van der Waals surface area contributed by atoms with Crippen molar-refractivity contribution in [1.29, 1.82) is 0 Å². The van der Waals surface area contributed by atoms with Crippen LogP contribution in [0.4, 0.5) is 4.79 Å². The number of likely N-dealkylation sites (tertiary alicyclic amines) is 1.